The largest absolute Gasteiger partial charge is 0.478 e. The molecule has 0 fully saturated rings. The molecule has 0 spiro atoms. The Morgan fingerprint density at radius 1 is 1.15 bits per heavy atom. The molecule has 1 rings (SSSR count). The van der Waals surface area contributed by atoms with Crippen molar-refractivity contribution in [2.45, 2.75) is 6.10 Å². The molecule has 0 saturated carbocycles. The predicted octanol–water partition coefficient (Wildman–Crippen LogP) is -0.546. The second kappa shape index (κ2) is 3.61. The van der Waals surface area contributed by atoms with Crippen molar-refractivity contribution in [1.82, 2.24) is 4.73 Å². The van der Waals surface area contributed by atoms with E-state index in [1.807, 2.05) is 0 Å². The van der Waals surface area contributed by atoms with E-state index in [4.69, 9.17) is 10.2 Å². The molecule has 1 aromatic heterocycles. The molecule has 0 bridgehead atoms. The highest BCUT2D eigenvalue weighted by molar-refractivity contribution is 5.96. The summed E-state index contributed by atoms with van der Waals surface area (Å²) in [6.07, 6.45) is 0.921. The van der Waals surface area contributed by atoms with Crippen molar-refractivity contribution in [2.75, 3.05) is 0 Å². The van der Waals surface area contributed by atoms with Gasteiger partial charge in [-0.15, -0.1) is 0 Å². The zero-order chi connectivity index (χ0) is 9.84. The van der Waals surface area contributed by atoms with Crippen LogP contribution in [0.4, 0.5) is 0 Å². The van der Waals surface area contributed by atoms with Crippen molar-refractivity contribution in [3.63, 3.8) is 0 Å². The maximum Gasteiger partial charge on any atom is 0.359 e. The SMILES string of the molecule is O=C(O)C(On1cccc1)C(=O)O. The molecule has 1 aromatic rings. The first-order chi connectivity index (χ1) is 6.11. The van der Waals surface area contributed by atoms with Crippen molar-refractivity contribution < 1.29 is 24.6 Å². The second-order valence-electron chi connectivity index (χ2n) is 2.20. The van der Waals surface area contributed by atoms with E-state index < -0.39 is 18.0 Å². The maximum atomic E-state index is 10.3. The zero-order valence-corrected chi connectivity index (χ0v) is 6.45. The zero-order valence-electron chi connectivity index (χ0n) is 6.45. The summed E-state index contributed by atoms with van der Waals surface area (Å²) < 4.78 is 1.02. The van der Waals surface area contributed by atoms with Crippen LogP contribution in [0, 0.1) is 0 Å². The number of rotatable bonds is 4. The molecule has 6 nitrogen and oxygen atoms in total. The summed E-state index contributed by atoms with van der Waals surface area (Å²) in [7, 11) is 0. The molecule has 6 heteroatoms. The van der Waals surface area contributed by atoms with E-state index in [9.17, 15) is 9.59 Å². The third kappa shape index (κ3) is 2.22. The molecule has 0 aromatic carbocycles. The lowest BCUT2D eigenvalue weighted by Crippen LogP contribution is -2.39. The van der Waals surface area contributed by atoms with Gasteiger partial charge < -0.3 is 15.1 Å². The van der Waals surface area contributed by atoms with Crippen LogP contribution in [0.1, 0.15) is 0 Å². The average molecular weight is 185 g/mol. The normalized spacial score (nSPS) is 9.92. The fraction of sp³-hybridized carbons (Fsp3) is 0.143. The smallest absolute Gasteiger partial charge is 0.359 e. The van der Waals surface area contributed by atoms with Gasteiger partial charge in [-0.1, -0.05) is 0 Å². The van der Waals surface area contributed by atoms with Crippen molar-refractivity contribution >= 4 is 11.9 Å². The molecule has 0 unspecified atom stereocenters. The third-order valence-corrected chi connectivity index (χ3v) is 1.25. The summed E-state index contributed by atoms with van der Waals surface area (Å²) in [4.78, 5) is 25.3. The van der Waals surface area contributed by atoms with Gasteiger partial charge in [0.15, 0.2) is 0 Å². The molecular weight excluding hydrogens is 178 g/mol. The highest BCUT2D eigenvalue weighted by Gasteiger charge is 2.28. The number of aliphatic carboxylic acids is 2. The minimum Gasteiger partial charge on any atom is -0.478 e. The van der Waals surface area contributed by atoms with Gasteiger partial charge in [0, 0.05) is 12.4 Å². The van der Waals surface area contributed by atoms with Crippen molar-refractivity contribution in [3.05, 3.63) is 24.5 Å². The molecule has 0 atom stereocenters. The van der Waals surface area contributed by atoms with Gasteiger partial charge in [-0.2, -0.15) is 4.73 Å². The van der Waals surface area contributed by atoms with Crippen molar-refractivity contribution in [2.24, 2.45) is 0 Å². The van der Waals surface area contributed by atoms with E-state index >= 15 is 0 Å². The number of hydrogen-bond donors (Lipinski definition) is 2. The molecule has 1 heterocycles. The van der Waals surface area contributed by atoms with Crippen LogP contribution in [-0.4, -0.2) is 33.0 Å². The number of nitrogens with zero attached hydrogens (tertiary/aromatic N) is 1. The van der Waals surface area contributed by atoms with Gasteiger partial charge in [0.25, 0.3) is 0 Å². The Balaban J connectivity index is 2.69. The van der Waals surface area contributed by atoms with Crippen LogP contribution in [0.15, 0.2) is 24.5 Å². The first-order valence-electron chi connectivity index (χ1n) is 3.37. The molecule has 13 heavy (non-hydrogen) atoms. The Hall–Kier alpha value is -1.98. The van der Waals surface area contributed by atoms with Crippen molar-refractivity contribution in [3.8, 4) is 0 Å². The maximum absolute atomic E-state index is 10.3. The van der Waals surface area contributed by atoms with E-state index in [0.29, 0.717) is 0 Å². The van der Waals surface area contributed by atoms with E-state index in [1.54, 1.807) is 12.1 Å². The van der Waals surface area contributed by atoms with Gasteiger partial charge >= 0.3 is 18.0 Å². The fourth-order valence-electron chi connectivity index (χ4n) is 0.707. The van der Waals surface area contributed by atoms with E-state index in [0.717, 1.165) is 4.73 Å². The molecular formula is C7H7NO5. The lowest BCUT2D eigenvalue weighted by Gasteiger charge is -2.10. The second-order valence-corrected chi connectivity index (χ2v) is 2.20. The van der Waals surface area contributed by atoms with Gasteiger partial charge in [0.2, 0.25) is 0 Å². The summed E-state index contributed by atoms with van der Waals surface area (Å²) >= 11 is 0. The van der Waals surface area contributed by atoms with Gasteiger partial charge in [-0.25, -0.2) is 9.59 Å². The van der Waals surface area contributed by atoms with E-state index in [1.165, 1.54) is 12.4 Å². The Bertz CT molecular complexity index is 291. The number of hydrogen-bond acceptors (Lipinski definition) is 3. The lowest BCUT2D eigenvalue weighted by molar-refractivity contribution is -0.165. The molecule has 0 aliphatic carbocycles. The molecule has 2 N–H and O–H groups in total. The Morgan fingerprint density at radius 3 is 2.00 bits per heavy atom. The van der Waals surface area contributed by atoms with Gasteiger partial charge in [-0.05, 0) is 12.1 Å². The van der Waals surface area contributed by atoms with Gasteiger partial charge in [-0.3, -0.25) is 0 Å². The molecule has 0 amide bonds. The Labute approximate surface area is 72.9 Å². The number of carboxylic acids is 2. The highest BCUT2D eigenvalue weighted by Crippen LogP contribution is 1.92. The quantitative estimate of drug-likeness (QED) is 0.614. The first kappa shape index (κ1) is 9.11. The third-order valence-electron chi connectivity index (χ3n) is 1.25. The van der Waals surface area contributed by atoms with Crippen LogP contribution in [0.2, 0.25) is 0 Å². The van der Waals surface area contributed by atoms with Crippen LogP contribution < -0.4 is 4.84 Å². The molecule has 0 aliphatic rings. The molecule has 0 saturated heterocycles. The fourth-order valence-corrected chi connectivity index (χ4v) is 0.707. The van der Waals surface area contributed by atoms with Crippen LogP contribution in [-0.2, 0) is 9.59 Å². The monoisotopic (exact) mass is 185 g/mol. The predicted molar refractivity (Wildman–Crippen MR) is 40.1 cm³/mol. The van der Waals surface area contributed by atoms with Gasteiger partial charge in [0.1, 0.15) is 0 Å². The van der Waals surface area contributed by atoms with E-state index in [-0.39, 0.29) is 0 Å². The summed E-state index contributed by atoms with van der Waals surface area (Å²) in [5, 5.41) is 16.8. The number of aromatic nitrogens is 1. The Kier molecular flexibility index (Phi) is 2.53. The highest BCUT2D eigenvalue weighted by atomic mass is 16.7. The minimum absolute atomic E-state index is 1.02. The van der Waals surface area contributed by atoms with Gasteiger partial charge in [0.05, 0.1) is 0 Å². The topological polar surface area (TPSA) is 88.8 Å². The summed E-state index contributed by atoms with van der Waals surface area (Å²) in [6.45, 7) is 0. The Morgan fingerprint density at radius 2 is 1.62 bits per heavy atom. The van der Waals surface area contributed by atoms with E-state index in [2.05, 4.69) is 4.84 Å². The lowest BCUT2D eigenvalue weighted by atomic mass is 10.4. The summed E-state index contributed by atoms with van der Waals surface area (Å²) in [6, 6.07) is 3.17. The number of carbonyl (C=O) groups is 2. The van der Waals surface area contributed by atoms with Crippen LogP contribution in [0.25, 0.3) is 0 Å². The van der Waals surface area contributed by atoms with Crippen LogP contribution >= 0.6 is 0 Å². The summed E-state index contributed by atoms with van der Waals surface area (Å²) in [5.74, 6) is -3.08. The van der Waals surface area contributed by atoms with Crippen molar-refractivity contribution in [1.29, 1.82) is 0 Å². The minimum atomic E-state index is -1.88. The summed E-state index contributed by atoms with van der Waals surface area (Å²) in [5.41, 5.74) is 0. The van der Waals surface area contributed by atoms with Crippen LogP contribution in [0.3, 0.4) is 0 Å². The van der Waals surface area contributed by atoms with Crippen LogP contribution in [0.5, 0.6) is 0 Å². The standard InChI is InChI=1S/C7H7NO5/c9-6(10)5(7(11)12)13-8-3-1-2-4-8/h1-5H,(H,9,10)(H,11,12). The first-order valence-corrected chi connectivity index (χ1v) is 3.37. The number of carboxylic acid groups (broad SMARTS) is 2. The average Bonchev–Trinajstić information content (AvgIpc) is 2.50. The molecule has 0 aliphatic heterocycles. The molecule has 70 valence electrons. The molecule has 0 radical (unpaired) electrons.